The average molecular weight is 359 g/mol. The van der Waals surface area contributed by atoms with Gasteiger partial charge in [-0.2, -0.15) is 5.10 Å². The number of anilines is 1. The molecule has 5 heteroatoms. The van der Waals surface area contributed by atoms with E-state index in [9.17, 15) is 0 Å². The minimum Gasteiger partial charge on any atom is -0.383 e. The molecule has 1 heterocycles. The molecule has 0 aliphatic rings. The van der Waals surface area contributed by atoms with E-state index in [0.29, 0.717) is 11.7 Å². The van der Waals surface area contributed by atoms with Crippen LogP contribution < -0.4 is 5.73 Å². The zero-order valence-corrected chi connectivity index (χ0v) is 12.8. The highest BCUT2D eigenvalue weighted by molar-refractivity contribution is 9.11. The molecule has 0 aliphatic carbocycles. The van der Waals surface area contributed by atoms with Crippen molar-refractivity contribution in [3.05, 3.63) is 38.9 Å². The van der Waals surface area contributed by atoms with Gasteiger partial charge in [-0.15, -0.1) is 0 Å². The summed E-state index contributed by atoms with van der Waals surface area (Å²) in [5.41, 5.74) is 7.99. The molecule has 0 saturated heterocycles. The molecule has 0 spiro atoms. The molecule has 0 aliphatic heterocycles. The maximum absolute atomic E-state index is 6.05. The predicted octanol–water partition coefficient (Wildman–Crippen LogP) is 4.10. The van der Waals surface area contributed by atoms with Gasteiger partial charge in [-0.05, 0) is 46.1 Å². The summed E-state index contributed by atoms with van der Waals surface area (Å²) in [4.78, 5) is 0. The zero-order chi connectivity index (χ0) is 12.6. The Morgan fingerprint density at radius 2 is 1.76 bits per heavy atom. The van der Waals surface area contributed by atoms with E-state index in [-0.39, 0.29) is 0 Å². The monoisotopic (exact) mass is 357 g/mol. The van der Waals surface area contributed by atoms with Crippen molar-refractivity contribution < 1.29 is 0 Å². The van der Waals surface area contributed by atoms with E-state index in [0.717, 1.165) is 20.3 Å². The first kappa shape index (κ1) is 12.6. The Labute approximate surface area is 117 Å². The molecule has 2 aromatic rings. The van der Waals surface area contributed by atoms with E-state index in [1.165, 1.54) is 0 Å². The molecule has 0 saturated carbocycles. The van der Waals surface area contributed by atoms with Gasteiger partial charge in [0.05, 0.1) is 15.9 Å². The number of hydrogen-bond acceptors (Lipinski definition) is 2. The third-order valence-electron chi connectivity index (χ3n) is 2.50. The van der Waals surface area contributed by atoms with Crippen molar-refractivity contribution in [2.45, 2.75) is 19.8 Å². The Hall–Kier alpha value is -0.810. The lowest BCUT2D eigenvalue weighted by atomic mass is 10.1. The van der Waals surface area contributed by atoms with Crippen molar-refractivity contribution >= 4 is 37.7 Å². The molecule has 0 unspecified atom stereocenters. The highest BCUT2D eigenvalue weighted by Gasteiger charge is 2.16. The van der Waals surface area contributed by atoms with Gasteiger partial charge < -0.3 is 5.73 Å². The second-order valence-electron chi connectivity index (χ2n) is 4.13. The van der Waals surface area contributed by atoms with Crippen molar-refractivity contribution in [1.29, 1.82) is 0 Å². The first-order chi connectivity index (χ1) is 8.00. The van der Waals surface area contributed by atoms with Crippen LogP contribution in [0, 0.1) is 0 Å². The molecule has 1 aromatic heterocycles. The van der Waals surface area contributed by atoms with E-state index >= 15 is 0 Å². The van der Waals surface area contributed by atoms with Gasteiger partial charge in [0.15, 0.2) is 0 Å². The summed E-state index contributed by atoms with van der Waals surface area (Å²) in [6.07, 6.45) is 0. The lowest BCUT2D eigenvalue weighted by Gasteiger charge is -2.03. The number of hydrogen-bond donors (Lipinski definition) is 1. The van der Waals surface area contributed by atoms with Gasteiger partial charge in [0.1, 0.15) is 5.82 Å². The van der Waals surface area contributed by atoms with Gasteiger partial charge in [0.2, 0.25) is 0 Å². The van der Waals surface area contributed by atoms with Crippen molar-refractivity contribution in [1.82, 2.24) is 9.78 Å². The number of nitrogens with two attached hydrogens (primary N) is 1. The lowest BCUT2D eigenvalue weighted by Crippen LogP contribution is -2.02. The first-order valence-corrected chi connectivity index (χ1v) is 6.89. The highest BCUT2D eigenvalue weighted by atomic mass is 79.9. The number of halogens is 2. The summed E-state index contributed by atoms with van der Waals surface area (Å²) in [5, 5.41) is 4.54. The Morgan fingerprint density at radius 3 is 2.24 bits per heavy atom. The topological polar surface area (TPSA) is 43.8 Å². The molecule has 0 radical (unpaired) electrons. The molecule has 90 valence electrons. The number of rotatable bonds is 2. The fourth-order valence-corrected chi connectivity index (χ4v) is 2.55. The van der Waals surface area contributed by atoms with Crippen LogP contribution in [0.1, 0.15) is 25.5 Å². The Kier molecular flexibility index (Phi) is 3.58. The van der Waals surface area contributed by atoms with Gasteiger partial charge in [0.25, 0.3) is 0 Å². The van der Waals surface area contributed by atoms with Crippen LogP contribution >= 0.6 is 31.9 Å². The Balaban J connectivity index is 2.53. The van der Waals surface area contributed by atoms with Gasteiger partial charge in [-0.25, -0.2) is 4.68 Å². The van der Waals surface area contributed by atoms with E-state index in [1.807, 2.05) is 24.3 Å². The van der Waals surface area contributed by atoms with Crippen LogP contribution in [0.25, 0.3) is 5.69 Å². The smallest absolute Gasteiger partial charge is 0.141 e. The zero-order valence-electron chi connectivity index (χ0n) is 9.61. The SMILES string of the molecule is CC(C)c1nn(-c2ccc(Br)cc2)c(N)c1Br. The largest absolute Gasteiger partial charge is 0.383 e. The third kappa shape index (κ3) is 2.40. The van der Waals surface area contributed by atoms with E-state index in [1.54, 1.807) is 4.68 Å². The van der Waals surface area contributed by atoms with Gasteiger partial charge in [-0.1, -0.05) is 29.8 Å². The molecule has 0 fully saturated rings. The van der Waals surface area contributed by atoms with Crippen LogP contribution in [-0.2, 0) is 0 Å². The van der Waals surface area contributed by atoms with E-state index < -0.39 is 0 Å². The van der Waals surface area contributed by atoms with Crippen LogP contribution in [0.5, 0.6) is 0 Å². The maximum Gasteiger partial charge on any atom is 0.141 e. The second kappa shape index (κ2) is 4.82. The first-order valence-electron chi connectivity index (χ1n) is 5.30. The van der Waals surface area contributed by atoms with Crippen LogP contribution in [0.3, 0.4) is 0 Å². The highest BCUT2D eigenvalue weighted by Crippen LogP contribution is 2.31. The Bertz CT molecular complexity index is 529. The molecular formula is C12H13Br2N3. The third-order valence-corrected chi connectivity index (χ3v) is 3.84. The van der Waals surface area contributed by atoms with Crippen LogP contribution in [0.2, 0.25) is 0 Å². The second-order valence-corrected chi connectivity index (χ2v) is 5.84. The van der Waals surface area contributed by atoms with Crippen LogP contribution in [0.15, 0.2) is 33.2 Å². The van der Waals surface area contributed by atoms with Crippen molar-refractivity contribution in [2.75, 3.05) is 5.73 Å². The van der Waals surface area contributed by atoms with Crippen molar-refractivity contribution in [2.24, 2.45) is 0 Å². The molecule has 0 amide bonds. The average Bonchev–Trinajstić information content (AvgIpc) is 2.58. The summed E-state index contributed by atoms with van der Waals surface area (Å²) < 4.78 is 3.68. The quantitative estimate of drug-likeness (QED) is 0.878. The van der Waals surface area contributed by atoms with Crippen molar-refractivity contribution in [3.8, 4) is 5.69 Å². The molecule has 1 aromatic carbocycles. The summed E-state index contributed by atoms with van der Waals surface area (Å²) in [6, 6.07) is 7.90. The predicted molar refractivity (Wildman–Crippen MR) is 77.5 cm³/mol. The number of nitrogens with zero attached hydrogens (tertiary/aromatic N) is 2. The van der Waals surface area contributed by atoms with E-state index in [4.69, 9.17) is 5.73 Å². The molecule has 0 atom stereocenters. The lowest BCUT2D eigenvalue weighted by molar-refractivity contribution is 0.769. The summed E-state index contributed by atoms with van der Waals surface area (Å²) >= 11 is 6.91. The fraction of sp³-hybridized carbons (Fsp3) is 0.250. The number of benzene rings is 1. The summed E-state index contributed by atoms with van der Waals surface area (Å²) in [6.45, 7) is 4.19. The molecule has 3 nitrogen and oxygen atoms in total. The number of aromatic nitrogens is 2. The summed E-state index contributed by atoms with van der Waals surface area (Å²) in [5.74, 6) is 0.972. The minimum atomic E-state index is 0.336. The van der Waals surface area contributed by atoms with Crippen molar-refractivity contribution in [3.63, 3.8) is 0 Å². The minimum absolute atomic E-state index is 0.336. The molecule has 2 N–H and O–H groups in total. The molecular weight excluding hydrogens is 346 g/mol. The van der Waals surface area contributed by atoms with Gasteiger partial charge in [-0.3, -0.25) is 0 Å². The maximum atomic E-state index is 6.05. The molecule has 0 bridgehead atoms. The normalized spacial score (nSPS) is 11.1. The van der Waals surface area contributed by atoms with Crippen LogP contribution in [-0.4, -0.2) is 9.78 Å². The van der Waals surface area contributed by atoms with Gasteiger partial charge in [0, 0.05) is 4.47 Å². The fourth-order valence-electron chi connectivity index (χ4n) is 1.58. The van der Waals surface area contributed by atoms with Gasteiger partial charge >= 0.3 is 0 Å². The molecule has 2 rings (SSSR count). The standard InChI is InChI=1S/C12H13Br2N3/c1-7(2)11-10(14)12(15)17(16-11)9-5-3-8(13)4-6-9/h3-7H,15H2,1-2H3. The summed E-state index contributed by atoms with van der Waals surface area (Å²) in [7, 11) is 0. The van der Waals surface area contributed by atoms with E-state index in [2.05, 4.69) is 50.8 Å². The van der Waals surface area contributed by atoms with Crippen LogP contribution in [0.4, 0.5) is 5.82 Å². The number of nitrogen functional groups attached to an aromatic ring is 1. The Morgan fingerprint density at radius 1 is 1.18 bits per heavy atom. The molecule has 17 heavy (non-hydrogen) atoms.